The van der Waals surface area contributed by atoms with Crippen molar-refractivity contribution in [2.45, 2.75) is 19.4 Å². The highest BCUT2D eigenvalue weighted by Crippen LogP contribution is 2.35. The summed E-state index contributed by atoms with van der Waals surface area (Å²) in [5, 5.41) is 14.9. The molecule has 0 aliphatic carbocycles. The summed E-state index contributed by atoms with van der Waals surface area (Å²) >= 11 is 12.5. The fourth-order valence-electron chi connectivity index (χ4n) is 2.63. The lowest BCUT2D eigenvalue weighted by Crippen LogP contribution is -2.35. The Morgan fingerprint density at radius 3 is 2.43 bits per heavy atom. The summed E-state index contributed by atoms with van der Waals surface area (Å²) in [6, 6.07) is 2.88. The number of nitrogens with zero attached hydrogens (tertiary/aromatic N) is 3. The lowest BCUT2D eigenvalue weighted by molar-refractivity contribution is -0.134. The Hall–Kier alpha value is -2.55. The predicted molar refractivity (Wildman–Crippen MR) is 103 cm³/mol. The molecule has 0 bridgehead atoms. The van der Waals surface area contributed by atoms with Gasteiger partial charge in [-0.3, -0.25) is 14.4 Å². The Bertz CT molecular complexity index is 958. The molecule has 1 N–H and O–H groups in total. The SMILES string of the molecule is C[C@@H](O)C1=CC(Oc2c(Cl)cc(C3=NN(C)C(=O)CC3=O)cc2Cl)=NCC1=O. The third-order valence-electron chi connectivity index (χ3n) is 4.09. The van der Waals surface area contributed by atoms with Gasteiger partial charge in [0.25, 0.3) is 0 Å². The predicted octanol–water partition coefficient (Wildman–Crippen LogP) is 1.80. The molecule has 2 aliphatic heterocycles. The quantitative estimate of drug-likeness (QED) is 0.745. The summed E-state index contributed by atoms with van der Waals surface area (Å²) in [6.07, 6.45) is 0.0670. The van der Waals surface area contributed by atoms with Crippen molar-refractivity contribution in [2.24, 2.45) is 10.1 Å². The van der Waals surface area contributed by atoms with Crippen LogP contribution in [0.5, 0.6) is 5.75 Å². The van der Waals surface area contributed by atoms with Crippen LogP contribution in [0.25, 0.3) is 0 Å². The number of benzene rings is 1. The molecular formula is C18H15Cl2N3O5. The lowest BCUT2D eigenvalue weighted by Gasteiger charge is -2.20. The average molecular weight is 424 g/mol. The molecule has 1 amide bonds. The van der Waals surface area contributed by atoms with Crippen LogP contribution in [0.15, 0.2) is 33.9 Å². The van der Waals surface area contributed by atoms with Gasteiger partial charge in [0, 0.05) is 24.3 Å². The average Bonchev–Trinajstić information content (AvgIpc) is 2.62. The number of amides is 1. The zero-order chi connectivity index (χ0) is 20.6. The molecule has 0 spiro atoms. The van der Waals surface area contributed by atoms with Gasteiger partial charge in [-0.05, 0) is 19.1 Å². The number of aliphatic hydroxyl groups is 1. The highest BCUT2D eigenvalue weighted by atomic mass is 35.5. The third-order valence-corrected chi connectivity index (χ3v) is 4.66. The first-order valence-electron chi connectivity index (χ1n) is 8.20. The maximum atomic E-state index is 12.1. The molecule has 0 aromatic heterocycles. The second kappa shape index (κ2) is 7.83. The van der Waals surface area contributed by atoms with Crippen molar-refractivity contribution in [3.63, 3.8) is 0 Å². The molecule has 0 fully saturated rings. The maximum Gasteiger partial charge on any atom is 0.250 e. The van der Waals surface area contributed by atoms with Gasteiger partial charge in [0.05, 0.1) is 22.6 Å². The van der Waals surface area contributed by atoms with Crippen molar-refractivity contribution in [3.05, 3.63) is 39.4 Å². The van der Waals surface area contributed by atoms with Gasteiger partial charge >= 0.3 is 0 Å². The highest BCUT2D eigenvalue weighted by molar-refractivity contribution is 6.50. The number of hydrogen-bond donors (Lipinski definition) is 1. The molecule has 146 valence electrons. The molecule has 8 nitrogen and oxygen atoms in total. The first-order chi connectivity index (χ1) is 13.2. The van der Waals surface area contributed by atoms with E-state index in [0.717, 1.165) is 5.01 Å². The number of hydrazone groups is 1. The summed E-state index contributed by atoms with van der Waals surface area (Å²) in [5.74, 6) is -0.999. The molecule has 1 aromatic rings. The summed E-state index contributed by atoms with van der Waals surface area (Å²) in [6.45, 7) is 1.30. The first kappa shape index (κ1) is 20.2. The van der Waals surface area contributed by atoms with E-state index >= 15 is 0 Å². The number of halogens is 2. The van der Waals surface area contributed by atoms with E-state index in [1.165, 1.54) is 32.2 Å². The number of ether oxygens (including phenoxy) is 1. The van der Waals surface area contributed by atoms with Crippen LogP contribution < -0.4 is 4.74 Å². The molecule has 0 saturated heterocycles. The van der Waals surface area contributed by atoms with Crippen molar-refractivity contribution in [1.82, 2.24) is 5.01 Å². The van der Waals surface area contributed by atoms with Gasteiger partial charge in [0.15, 0.2) is 17.3 Å². The Kier molecular flexibility index (Phi) is 5.64. The van der Waals surface area contributed by atoms with Crippen molar-refractivity contribution >= 4 is 52.3 Å². The van der Waals surface area contributed by atoms with E-state index in [9.17, 15) is 19.5 Å². The minimum absolute atomic E-state index is 0.0642. The molecule has 28 heavy (non-hydrogen) atoms. The molecule has 1 atom stereocenters. The van der Waals surface area contributed by atoms with Crippen LogP contribution in [-0.4, -0.2) is 58.9 Å². The second-order valence-electron chi connectivity index (χ2n) is 6.19. The van der Waals surface area contributed by atoms with E-state index in [1.54, 1.807) is 0 Å². The number of rotatable bonds is 3. The van der Waals surface area contributed by atoms with Crippen molar-refractivity contribution in [3.8, 4) is 5.75 Å². The number of carbonyl (C=O) groups excluding carboxylic acids is 3. The van der Waals surface area contributed by atoms with E-state index in [1.807, 2.05) is 0 Å². The number of dihydropyridines is 1. The summed E-state index contributed by atoms with van der Waals surface area (Å²) in [7, 11) is 1.45. The van der Waals surface area contributed by atoms with Crippen LogP contribution in [0.3, 0.4) is 0 Å². The van der Waals surface area contributed by atoms with Crippen LogP contribution in [0.4, 0.5) is 0 Å². The number of ketones is 2. The maximum absolute atomic E-state index is 12.1. The molecule has 0 saturated carbocycles. The normalized spacial score (nSPS) is 18.5. The molecular weight excluding hydrogens is 409 g/mol. The van der Waals surface area contributed by atoms with Gasteiger partial charge in [-0.15, -0.1) is 0 Å². The Morgan fingerprint density at radius 1 is 1.18 bits per heavy atom. The number of carbonyl (C=O) groups is 3. The zero-order valence-corrected chi connectivity index (χ0v) is 16.4. The van der Waals surface area contributed by atoms with E-state index in [4.69, 9.17) is 27.9 Å². The molecule has 0 radical (unpaired) electrons. The van der Waals surface area contributed by atoms with Crippen LogP contribution >= 0.6 is 23.2 Å². The molecule has 3 rings (SSSR count). The van der Waals surface area contributed by atoms with Gasteiger partial charge in [-0.1, -0.05) is 23.2 Å². The second-order valence-corrected chi connectivity index (χ2v) is 7.00. The summed E-state index contributed by atoms with van der Waals surface area (Å²) in [5.41, 5.74) is 0.575. The Labute approximate surface area is 170 Å². The summed E-state index contributed by atoms with van der Waals surface area (Å²) < 4.78 is 5.61. The van der Waals surface area contributed by atoms with Gasteiger partial charge in [0.1, 0.15) is 12.3 Å². The first-order valence-corrected chi connectivity index (χ1v) is 8.96. The van der Waals surface area contributed by atoms with E-state index in [2.05, 4.69) is 10.1 Å². The van der Waals surface area contributed by atoms with Gasteiger partial charge < -0.3 is 9.84 Å². The number of Topliss-reactive ketones (excluding diaryl/α,β-unsaturated/α-hetero) is 2. The van der Waals surface area contributed by atoms with Crippen LogP contribution in [0, 0.1) is 0 Å². The number of aliphatic hydroxyl groups excluding tert-OH is 1. The number of hydrogen-bond acceptors (Lipinski definition) is 7. The van der Waals surface area contributed by atoms with Crippen molar-refractivity contribution in [1.29, 1.82) is 0 Å². The van der Waals surface area contributed by atoms with Gasteiger partial charge in [0.2, 0.25) is 11.8 Å². The fraction of sp³-hybridized carbons (Fsp3) is 0.278. The van der Waals surface area contributed by atoms with Gasteiger partial charge in [-0.2, -0.15) is 5.10 Å². The fourth-order valence-corrected chi connectivity index (χ4v) is 3.19. The summed E-state index contributed by atoms with van der Waals surface area (Å²) in [4.78, 5) is 39.4. The lowest BCUT2D eigenvalue weighted by atomic mass is 10.0. The van der Waals surface area contributed by atoms with Crippen LogP contribution in [0.1, 0.15) is 18.9 Å². The van der Waals surface area contributed by atoms with Crippen LogP contribution in [0.2, 0.25) is 10.0 Å². The van der Waals surface area contributed by atoms with Crippen LogP contribution in [-0.2, 0) is 14.4 Å². The Balaban J connectivity index is 1.92. The van der Waals surface area contributed by atoms with Crippen molar-refractivity contribution in [2.75, 3.05) is 13.6 Å². The number of aliphatic imine (C=N–C) groups is 1. The topological polar surface area (TPSA) is 109 Å². The largest absolute Gasteiger partial charge is 0.436 e. The highest BCUT2D eigenvalue weighted by Gasteiger charge is 2.28. The molecule has 10 heteroatoms. The molecule has 2 aliphatic rings. The third kappa shape index (κ3) is 3.99. The van der Waals surface area contributed by atoms with E-state index in [0.29, 0.717) is 5.56 Å². The molecule has 2 heterocycles. The molecule has 1 aromatic carbocycles. The zero-order valence-electron chi connectivity index (χ0n) is 14.9. The monoisotopic (exact) mass is 423 g/mol. The van der Waals surface area contributed by atoms with E-state index in [-0.39, 0.29) is 51.7 Å². The molecule has 0 unspecified atom stereocenters. The van der Waals surface area contributed by atoms with Crippen molar-refractivity contribution < 1.29 is 24.2 Å². The standard InChI is InChI=1S/C18H15Cl2N3O5/c1-8(24)10-5-15(21-7-14(10)26)28-18-11(19)3-9(4-12(18)20)17-13(25)6-16(27)23(2)22-17/h3-5,8,24H,6-7H2,1-2H3/t8-/m1/s1. The smallest absolute Gasteiger partial charge is 0.250 e. The Morgan fingerprint density at radius 2 is 1.82 bits per heavy atom. The minimum Gasteiger partial charge on any atom is -0.436 e. The van der Waals surface area contributed by atoms with Gasteiger partial charge in [-0.25, -0.2) is 10.0 Å². The van der Waals surface area contributed by atoms with E-state index < -0.39 is 17.8 Å². The minimum atomic E-state index is -0.968.